The van der Waals surface area contributed by atoms with E-state index in [0.29, 0.717) is 5.56 Å². The number of nitrogens with zero attached hydrogens (tertiary/aromatic N) is 3. The lowest BCUT2D eigenvalue weighted by Gasteiger charge is -2.11. The quantitative estimate of drug-likeness (QED) is 0.513. The fourth-order valence-corrected chi connectivity index (χ4v) is 3.06. The van der Waals surface area contributed by atoms with E-state index in [9.17, 15) is 5.26 Å². The van der Waals surface area contributed by atoms with Crippen LogP contribution < -0.4 is 0 Å². The number of hydrogen-bond donors (Lipinski definition) is 0. The maximum Gasteiger partial charge on any atom is 0.0999 e. The molecule has 25 heavy (non-hydrogen) atoms. The third kappa shape index (κ3) is 2.75. The summed E-state index contributed by atoms with van der Waals surface area (Å²) in [5, 5.41) is 10.2. The maximum atomic E-state index is 9.37. The summed E-state index contributed by atoms with van der Waals surface area (Å²) in [5.74, 6) is 0. The topological polar surface area (TPSA) is 49.6 Å². The normalized spacial score (nSPS) is 10.6. The minimum Gasteiger partial charge on any atom is -0.256 e. The first-order valence-electron chi connectivity index (χ1n) is 8.08. The minimum atomic E-state index is 0.637. The molecule has 0 aliphatic carbocycles. The number of pyridine rings is 2. The molecule has 0 saturated carbocycles. The predicted octanol–water partition coefficient (Wildman–Crippen LogP) is 5.14. The van der Waals surface area contributed by atoms with Gasteiger partial charge in [0.05, 0.1) is 22.8 Å². The Labute approximate surface area is 146 Å². The van der Waals surface area contributed by atoms with Gasteiger partial charge >= 0.3 is 0 Å². The molecule has 2 aromatic heterocycles. The van der Waals surface area contributed by atoms with Crippen LogP contribution in [0.1, 0.15) is 11.3 Å². The van der Waals surface area contributed by atoms with Crippen LogP contribution in [-0.2, 0) is 0 Å². The zero-order valence-corrected chi connectivity index (χ0v) is 13.8. The molecule has 3 heteroatoms. The summed E-state index contributed by atoms with van der Waals surface area (Å²) >= 11 is 0. The number of aromatic nitrogens is 2. The highest BCUT2D eigenvalue weighted by Gasteiger charge is 2.10. The first-order valence-corrected chi connectivity index (χ1v) is 8.08. The van der Waals surface area contributed by atoms with Crippen molar-refractivity contribution in [2.75, 3.05) is 0 Å². The molecular weight excluding hydrogens is 306 g/mol. The average Bonchev–Trinajstić information content (AvgIpc) is 2.67. The molecule has 0 aliphatic rings. The summed E-state index contributed by atoms with van der Waals surface area (Å²) in [6.07, 6.45) is 1.67. The number of rotatable bonds is 2. The highest BCUT2D eigenvalue weighted by Crippen LogP contribution is 2.33. The second kappa shape index (κ2) is 6.18. The maximum absolute atomic E-state index is 9.37. The van der Waals surface area contributed by atoms with E-state index in [1.54, 1.807) is 12.3 Å². The summed E-state index contributed by atoms with van der Waals surface area (Å²) < 4.78 is 0. The third-order valence-corrected chi connectivity index (χ3v) is 4.26. The van der Waals surface area contributed by atoms with Gasteiger partial charge in [0.1, 0.15) is 0 Å². The molecule has 0 radical (unpaired) electrons. The largest absolute Gasteiger partial charge is 0.256 e. The zero-order valence-electron chi connectivity index (χ0n) is 13.8. The van der Waals surface area contributed by atoms with E-state index in [1.165, 1.54) is 0 Å². The van der Waals surface area contributed by atoms with Crippen molar-refractivity contribution in [3.05, 3.63) is 84.2 Å². The van der Waals surface area contributed by atoms with Crippen LogP contribution in [0, 0.1) is 18.3 Å². The van der Waals surface area contributed by atoms with Crippen LogP contribution >= 0.6 is 0 Å². The van der Waals surface area contributed by atoms with Crippen molar-refractivity contribution in [2.24, 2.45) is 0 Å². The number of hydrogen-bond acceptors (Lipinski definition) is 3. The Kier molecular flexibility index (Phi) is 3.72. The lowest BCUT2D eigenvalue weighted by Crippen LogP contribution is -1.91. The number of nitriles is 1. The van der Waals surface area contributed by atoms with Crippen LogP contribution in [0.3, 0.4) is 0 Å². The second-order valence-electron chi connectivity index (χ2n) is 5.91. The number of benzene rings is 2. The Balaban J connectivity index is 1.94. The molecule has 2 aromatic carbocycles. The molecule has 3 nitrogen and oxygen atoms in total. The van der Waals surface area contributed by atoms with Crippen molar-refractivity contribution < 1.29 is 0 Å². The Hall–Kier alpha value is -3.51. The van der Waals surface area contributed by atoms with Crippen molar-refractivity contribution in [2.45, 2.75) is 6.92 Å². The molecule has 0 atom stereocenters. The fourth-order valence-electron chi connectivity index (χ4n) is 3.06. The van der Waals surface area contributed by atoms with Crippen LogP contribution in [0.4, 0.5) is 0 Å². The standard InChI is InChI=1S/C22H15N3/c1-15-5-4-8-22(25-15)19-7-3-2-6-18(19)16-9-10-21-20(13-16)17(14-23)11-12-24-21/h2-13H,1H3. The van der Waals surface area contributed by atoms with Crippen LogP contribution in [0.25, 0.3) is 33.3 Å². The van der Waals surface area contributed by atoms with E-state index in [2.05, 4.69) is 28.2 Å². The Morgan fingerprint density at radius 1 is 0.880 bits per heavy atom. The summed E-state index contributed by atoms with van der Waals surface area (Å²) in [6, 6.07) is 24.3. The van der Waals surface area contributed by atoms with Gasteiger partial charge in [-0.25, -0.2) is 0 Å². The first-order chi connectivity index (χ1) is 12.3. The monoisotopic (exact) mass is 321 g/mol. The molecule has 0 fully saturated rings. The van der Waals surface area contributed by atoms with Gasteiger partial charge in [0, 0.05) is 22.8 Å². The van der Waals surface area contributed by atoms with E-state index >= 15 is 0 Å². The zero-order chi connectivity index (χ0) is 17.2. The molecule has 0 unspecified atom stereocenters. The predicted molar refractivity (Wildman–Crippen MR) is 99.9 cm³/mol. The molecule has 0 aliphatic heterocycles. The molecule has 0 bridgehead atoms. The molecule has 4 aromatic rings. The SMILES string of the molecule is Cc1cccc(-c2ccccc2-c2ccc3nccc(C#N)c3c2)n1. The van der Waals surface area contributed by atoms with Gasteiger partial charge in [-0.05, 0) is 48.4 Å². The smallest absolute Gasteiger partial charge is 0.0999 e. The van der Waals surface area contributed by atoms with Crippen molar-refractivity contribution >= 4 is 10.9 Å². The fraction of sp³-hybridized carbons (Fsp3) is 0.0455. The second-order valence-corrected chi connectivity index (χ2v) is 5.91. The summed E-state index contributed by atoms with van der Waals surface area (Å²) in [5.41, 5.74) is 6.62. The molecule has 0 spiro atoms. The van der Waals surface area contributed by atoms with Gasteiger partial charge in [0.15, 0.2) is 0 Å². The Morgan fingerprint density at radius 3 is 2.52 bits per heavy atom. The van der Waals surface area contributed by atoms with Gasteiger partial charge in [-0.2, -0.15) is 5.26 Å². The Bertz CT molecular complexity index is 1120. The van der Waals surface area contributed by atoms with Crippen LogP contribution in [0.2, 0.25) is 0 Å². The highest BCUT2D eigenvalue weighted by atomic mass is 14.7. The molecule has 0 saturated heterocycles. The summed E-state index contributed by atoms with van der Waals surface area (Å²) in [4.78, 5) is 9.01. The van der Waals surface area contributed by atoms with E-state index in [-0.39, 0.29) is 0 Å². The Morgan fingerprint density at radius 2 is 1.72 bits per heavy atom. The van der Waals surface area contributed by atoms with Gasteiger partial charge in [-0.3, -0.25) is 9.97 Å². The lowest BCUT2D eigenvalue weighted by atomic mass is 9.95. The van der Waals surface area contributed by atoms with Gasteiger partial charge in [-0.15, -0.1) is 0 Å². The number of aryl methyl sites for hydroxylation is 1. The van der Waals surface area contributed by atoms with Crippen molar-refractivity contribution in [3.63, 3.8) is 0 Å². The summed E-state index contributed by atoms with van der Waals surface area (Å²) in [6.45, 7) is 1.99. The minimum absolute atomic E-state index is 0.637. The van der Waals surface area contributed by atoms with Crippen molar-refractivity contribution in [1.82, 2.24) is 9.97 Å². The van der Waals surface area contributed by atoms with Crippen molar-refractivity contribution in [3.8, 4) is 28.5 Å². The van der Waals surface area contributed by atoms with Gasteiger partial charge in [-0.1, -0.05) is 36.4 Å². The molecule has 2 heterocycles. The third-order valence-electron chi connectivity index (χ3n) is 4.26. The molecule has 4 rings (SSSR count). The van der Waals surface area contributed by atoms with E-state index < -0.39 is 0 Å². The van der Waals surface area contributed by atoms with E-state index in [0.717, 1.165) is 39.0 Å². The van der Waals surface area contributed by atoms with Gasteiger partial charge in [0.25, 0.3) is 0 Å². The van der Waals surface area contributed by atoms with Crippen LogP contribution in [0.15, 0.2) is 72.9 Å². The van der Waals surface area contributed by atoms with Gasteiger partial charge < -0.3 is 0 Å². The van der Waals surface area contributed by atoms with E-state index in [1.807, 2.05) is 55.5 Å². The lowest BCUT2D eigenvalue weighted by molar-refractivity contribution is 1.21. The average molecular weight is 321 g/mol. The van der Waals surface area contributed by atoms with Gasteiger partial charge in [0.2, 0.25) is 0 Å². The first kappa shape index (κ1) is 15.0. The number of fused-ring (bicyclic) bond motifs is 1. The molecule has 0 N–H and O–H groups in total. The highest BCUT2D eigenvalue weighted by molar-refractivity contribution is 5.91. The summed E-state index contributed by atoms with van der Waals surface area (Å²) in [7, 11) is 0. The van der Waals surface area contributed by atoms with Crippen molar-refractivity contribution in [1.29, 1.82) is 5.26 Å². The molecular formula is C22H15N3. The van der Waals surface area contributed by atoms with E-state index in [4.69, 9.17) is 0 Å². The van der Waals surface area contributed by atoms with Crippen LogP contribution in [-0.4, -0.2) is 9.97 Å². The van der Waals surface area contributed by atoms with Crippen LogP contribution in [0.5, 0.6) is 0 Å². The molecule has 118 valence electrons. The molecule has 0 amide bonds.